The first kappa shape index (κ1) is 14.5. The predicted octanol–water partition coefficient (Wildman–Crippen LogP) is 2.20. The third-order valence-electron chi connectivity index (χ3n) is 3.22. The molecule has 0 saturated heterocycles. The van der Waals surface area contributed by atoms with E-state index in [1.165, 1.54) is 11.8 Å². The largest absolute Gasteiger partial charge is 0.323 e. The van der Waals surface area contributed by atoms with Crippen molar-refractivity contribution in [1.82, 2.24) is 0 Å². The van der Waals surface area contributed by atoms with Crippen LogP contribution in [0.3, 0.4) is 0 Å². The summed E-state index contributed by atoms with van der Waals surface area (Å²) in [5, 5.41) is 2.53. The molecule has 0 radical (unpaired) electrons. The van der Waals surface area contributed by atoms with Crippen molar-refractivity contribution in [3.05, 3.63) is 24.3 Å². The summed E-state index contributed by atoms with van der Waals surface area (Å²) in [6, 6.07) is 7.37. The summed E-state index contributed by atoms with van der Waals surface area (Å²) in [5.41, 5.74) is 1.45. The van der Waals surface area contributed by atoms with Gasteiger partial charge in [0.05, 0.1) is 23.2 Å². The van der Waals surface area contributed by atoms with Crippen molar-refractivity contribution >= 4 is 51.1 Å². The second-order valence-corrected chi connectivity index (χ2v) is 7.42. The van der Waals surface area contributed by atoms with Gasteiger partial charge in [-0.25, -0.2) is 0 Å². The number of nitrogens with zero attached hydrogens (tertiary/aromatic N) is 2. The number of hydrogen-bond acceptors (Lipinski definition) is 5. The molecule has 2 aliphatic heterocycles. The van der Waals surface area contributed by atoms with Crippen LogP contribution in [0.1, 0.15) is 6.92 Å². The highest BCUT2D eigenvalue weighted by atomic mass is 32.2. The number of hydrogen-bond donors (Lipinski definition) is 1. The van der Waals surface area contributed by atoms with Crippen molar-refractivity contribution < 1.29 is 9.59 Å². The monoisotopic (exact) mass is 321 g/mol. The molecule has 2 heterocycles. The Morgan fingerprint density at radius 1 is 1.48 bits per heavy atom. The van der Waals surface area contributed by atoms with Gasteiger partial charge < -0.3 is 5.32 Å². The van der Waals surface area contributed by atoms with Crippen molar-refractivity contribution in [2.24, 2.45) is 4.99 Å². The highest BCUT2D eigenvalue weighted by Gasteiger charge is 2.30. The minimum absolute atomic E-state index is 0.0579. The van der Waals surface area contributed by atoms with Crippen LogP contribution in [0, 0.1) is 0 Å². The average molecular weight is 321 g/mol. The summed E-state index contributed by atoms with van der Waals surface area (Å²) in [6.45, 7) is 2.76. The Morgan fingerprint density at radius 3 is 3.05 bits per heavy atom. The van der Waals surface area contributed by atoms with Crippen molar-refractivity contribution in [2.75, 3.05) is 29.1 Å². The van der Waals surface area contributed by atoms with Crippen LogP contribution in [0.25, 0.3) is 0 Å². The SMILES string of the molecule is CC(SC1=NCCS1)C(=O)N1CC(=O)Nc2ccccc21. The molecule has 1 unspecified atom stereocenters. The number of para-hydroxylation sites is 2. The zero-order valence-electron chi connectivity index (χ0n) is 11.5. The average Bonchev–Trinajstić information content (AvgIpc) is 2.98. The van der Waals surface area contributed by atoms with Gasteiger partial charge in [0.25, 0.3) is 0 Å². The van der Waals surface area contributed by atoms with Gasteiger partial charge >= 0.3 is 0 Å². The van der Waals surface area contributed by atoms with Gasteiger partial charge in [0.15, 0.2) is 0 Å². The molecule has 1 N–H and O–H groups in total. The maximum absolute atomic E-state index is 12.7. The normalized spacial score (nSPS) is 18.8. The summed E-state index contributed by atoms with van der Waals surface area (Å²) in [4.78, 5) is 30.3. The van der Waals surface area contributed by atoms with E-state index in [-0.39, 0.29) is 23.6 Å². The van der Waals surface area contributed by atoms with Crippen molar-refractivity contribution in [3.8, 4) is 0 Å². The van der Waals surface area contributed by atoms with Gasteiger partial charge in [-0.2, -0.15) is 0 Å². The fourth-order valence-electron chi connectivity index (χ4n) is 2.24. The third-order valence-corrected chi connectivity index (χ3v) is 5.51. The molecule has 1 aromatic carbocycles. The quantitative estimate of drug-likeness (QED) is 0.907. The second-order valence-electron chi connectivity index (χ2n) is 4.75. The molecule has 21 heavy (non-hydrogen) atoms. The minimum Gasteiger partial charge on any atom is -0.323 e. The van der Waals surface area contributed by atoms with E-state index in [1.807, 2.05) is 25.1 Å². The molecule has 0 bridgehead atoms. The maximum Gasteiger partial charge on any atom is 0.244 e. The maximum atomic E-state index is 12.7. The first-order valence-electron chi connectivity index (χ1n) is 6.69. The fraction of sp³-hybridized carbons (Fsp3) is 0.357. The number of carbonyl (C=O) groups excluding carboxylic acids is 2. The van der Waals surface area contributed by atoms with Crippen LogP contribution < -0.4 is 10.2 Å². The van der Waals surface area contributed by atoms with Gasteiger partial charge in [0.1, 0.15) is 10.9 Å². The van der Waals surface area contributed by atoms with Gasteiger partial charge in [0.2, 0.25) is 11.8 Å². The highest BCUT2D eigenvalue weighted by Crippen LogP contribution is 2.32. The minimum atomic E-state index is -0.256. The molecule has 0 aliphatic carbocycles. The zero-order valence-corrected chi connectivity index (χ0v) is 13.2. The van der Waals surface area contributed by atoms with E-state index in [1.54, 1.807) is 22.7 Å². The number of rotatable bonds is 2. The molecule has 3 rings (SSSR count). The Bertz CT molecular complexity index is 618. The molecule has 2 amide bonds. The standard InChI is InChI=1S/C14H15N3O2S2/c1-9(21-14-15-6-7-20-14)13(19)17-8-12(18)16-10-4-2-3-5-11(10)17/h2-5,9H,6-8H2,1H3,(H,16,18). The Balaban J connectivity index is 1.79. The van der Waals surface area contributed by atoms with E-state index in [4.69, 9.17) is 0 Å². The van der Waals surface area contributed by atoms with E-state index in [2.05, 4.69) is 10.3 Å². The van der Waals surface area contributed by atoms with Gasteiger partial charge in [-0.05, 0) is 19.1 Å². The third kappa shape index (κ3) is 3.08. The number of anilines is 2. The highest BCUT2D eigenvalue weighted by molar-refractivity contribution is 8.39. The number of thioether (sulfide) groups is 2. The summed E-state index contributed by atoms with van der Waals surface area (Å²) in [5.74, 6) is 0.766. The Hall–Kier alpha value is -1.47. The molecule has 1 atom stereocenters. The lowest BCUT2D eigenvalue weighted by Gasteiger charge is -2.30. The summed E-state index contributed by atoms with van der Waals surface area (Å²) >= 11 is 3.16. The van der Waals surface area contributed by atoms with Crippen LogP contribution in [0.5, 0.6) is 0 Å². The molecule has 0 saturated carbocycles. The van der Waals surface area contributed by atoms with E-state index >= 15 is 0 Å². The lowest BCUT2D eigenvalue weighted by atomic mass is 10.2. The van der Waals surface area contributed by atoms with Crippen molar-refractivity contribution in [3.63, 3.8) is 0 Å². The number of benzene rings is 1. The molecule has 0 spiro atoms. The molecular weight excluding hydrogens is 306 g/mol. The lowest BCUT2D eigenvalue weighted by molar-refractivity contribution is -0.121. The smallest absolute Gasteiger partial charge is 0.244 e. The zero-order chi connectivity index (χ0) is 14.8. The number of carbonyl (C=O) groups is 2. The van der Waals surface area contributed by atoms with Crippen LogP contribution >= 0.6 is 23.5 Å². The topological polar surface area (TPSA) is 61.8 Å². The summed E-state index contributed by atoms with van der Waals surface area (Å²) in [7, 11) is 0. The number of amides is 2. The van der Waals surface area contributed by atoms with Crippen LogP contribution in [-0.2, 0) is 9.59 Å². The van der Waals surface area contributed by atoms with E-state index in [9.17, 15) is 9.59 Å². The van der Waals surface area contributed by atoms with E-state index < -0.39 is 0 Å². The Kier molecular flexibility index (Phi) is 4.21. The molecule has 5 nitrogen and oxygen atoms in total. The lowest BCUT2D eigenvalue weighted by Crippen LogP contribution is -2.45. The molecule has 2 aliphatic rings. The first-order chi connectivity index (χ1) is 10.1. The van der Waals surface area contributed by atoms with Gasteiger partial charge in [-0.1, -0.05) is 35.7 Å². The van der Waals surface area contributed by atoms with Crippen molar-refractivity contribution in [1.29, 1.82) is 0 Å². The van der Waals surface area contributed by atoms with Gasteiger partial charge in [-0.3, -0.25) is 19.5 Å². The van der Waals surface area contributed by atoms with Crippen molar-refractivity contribution in [2.45, 2.75) is 12.2 Å². The Labute approximate surface area is 131 Å². The van der Waals surface area contributed by atoms with E-state index in [0.29, 0.717) is 5.69 Å². The molecule has 0 fully saturated rings. The Morgan fingerprint density at radius 2 is 2.29 bits per heavy atom. The van der Waals surface area contributed by atoms with Crippen LogP contribution in [-0.4, -0.2) is 40.3 Å². The summed E-state index contributed by atoms with van der Waals surface area (Å²) < 4.78 is 0.964. The van der Waals surface area contributed by atoms with Crippen LogP contribution in [0.15, 0.2) is 29.3 Å². The summed E-state index contributed by atoms with van der Waals surface area (Å²) in [6.07, 6.45) is 0. The number of aliphatic imine (C=N–C) groups is 1. The molecule has 110 valence electrons. The van der Waals surface area contributed by atoms with Crippen LogP contribution in [0.2, 0.25) is 0 Å². The number of fused-ring (bicyclic) bond motifs is 1. The molecule has 1 aromatic rings. The molecule has 7 heteroatoms. The number of nitrogens with one attached hydrogen (secondary N) is 1. The first-order valence-corrected chi connectivity index (χ1v) is 8.56. The second kappa shape index (κ2) is 6.11. The predicted molar refractivity (Wildman–Crippen MR) is 89.2 cm³/mol. The molecule has 0 aromatic heterocycles. The van der Waals surface area contributed by atoms with Gasteiger partial charge in [-0.15, -0.1) is 0 Å². The molecular formula is C14H15N3O2S2. The van der Waals surface area contributed by atoms with E-state index in [0.717, 1.165) is 22.4 Å². The van der Waals surface area contributed by atoms with Crippen LogP contribution in [0.4, 0.5) is 11.4 Å². The van der Waals surface area contributed by atoms with Gasteiger partial charge in [0, 0.05) is 5.75 Å². The fourth-order valence-corrected chi connectivity index (χ4v) is 4.43.